The molecular formula is C10H12N2O2. The van der Waals surface area contributed by atoms with Crippen LogP contribution in [-0.4, -0.2) is 16.7 Å². The Morgan fingerprint density at radius 3 is 2.93 bits per heavy atom. The van der Waals surface area contributed by atoms with Gasteiger partial charge in [0.15, 0.2) is 0 Å². The molecule has 0 aromatic carbocycles. The summed E-state index contributed by atoms with van der Waals surface area (Å²) in [6.45, 7) is 3.94. The summed E-state index contributed by atoms with van der Waals surface area (Å²) in [6.07, 6.45) is 0.759. The second-order valence-corrected chi connectivity index (χ2v) is 2.83. The van der Waals surface area contributed by atoms with E-state index in [1.165, 1.54) is 6.20 Å². The first-order chi connectivity index (χ1) is 6.69. The topological polar surface area (TPSA) is 66.1 Å². The number of aromatic nitrogens is 1. The molecule has 1 atom stereocenters. The van der Waals surface area contributed by atoms with Crippen molar-refractivity contribution < 1.29 is 9.84 Å². The molecule has 0 saturated carbocycles. The lowest BCUT2D eigenvalue weighted by Gasteiger charge is -2.08. The molecule has 1 N–H and O–H groups in total. The Hall–Kier alpha value is -1.60. The van der Waals surface area contributed by atoms with Crippen LogP contribution in [0.25, 0.3) is 0 Å². The van der Waals surface area contributed by atoms with Crippen LogP contribution in [0.4, 0.5) is 0 Å². The van der Waals surface area contributed by atoms with Crippen LogP contribution in [0.2, 0.25) is 0 Å². The summed E-state index contributed by atoms with van der Waals surface area (Å²) in [4.78, 5) is 3.94. The van der Waals surface area contributed by atoms with Crippen molar-refractivity contribution in [2.24, 2.45) is 0 Å². The fourth-order valence-electron chi connectivity index (χ4n) is 1.04. The first kappa shape index (κ1) is 10.5. The molecule has 74 valence electrons. The molecule has 1 rings (SSSR count). The minimum Gasteiger partial charge on any atom is -0.492 e. The Balaban J connectivity index is 3.09. The summed E-state index contributed by atoms with van der Waals surface area (Å²) >= 11 is 0. The lowest BCUT2D eigenvalue weighted by atomic mass is 10.2. The van der Waals surface area contributed by atoms with Crippen molar-refractivity contribution in [3.8, 4) is 11.8 Å². The first-order valence-corrected chi connectivity index (χ1v) is 4.40. The Bertz CT molecular complexity index is 356. The van der Waals surface area contributed by atoms with Gasteiger partial charge >= 0.3 is 0 Å². The van der Waals surface area contributed by atoms with Crippen molar-refractivity contribution in [2.75, 3.05) is 6.61 Å². The smallest absolute Gasteiger partial charge is 0.140 e. The Kier molecular flexibility index (Phi) is 3.43. The third kappa shape index (κ3) is 2.21. The Labute approximate surface area is 82.8 Å². The van der Waals surface area contributed by atoms with Gasteiger partial charge in [0.1, 0.15) is 17.4 Å². The van der Waals surface area contributed by atoms with E-state index in [9.17, 15) is 5.11 Å². The molecular weight excluding hydrogens is 180 g/mol. The van der Waals surface area contributed by atoms with Gasteiger partial charge in [-0.2, -0.15) is 5.26 Å². The number of rotatable bonds is 3. The number of aliphatic hydroxyl groups excluding tert-OH is 1. The molecule has 0 aliphatic rings. The van der Waals surface area contributed by atoms with Crippen LogP contribution in [0.15, 0.2) is 12.3 Å². The maximum absolute atomic E-state index is 9.28. The van der Waals surface area contributed by atoms with Gasteiger partial charge in [0.05, 0.1) is 18.4 Å². The molecule has 0 aliphatic carbocycles. The number of nitrogens with zero attached hydrogens (tertiary/aromatic N) is 2. The van der Waals surface area contributed by atoms with E-state index in [0.29, 0.717) is 23.6 Å². The summed E-state index contributed by atoms with van der Waals surface area (Å²) in [6, 6.07) is 3.57. The predicted molar refractivity (Wildman–Crippen MR) is 50.8 cm³/mol. The molecule has 1 heterocycles. The van der Waals surface area contributed by atoms with Crippen LogP contribution in [0.3, 0.4) is 0 Å². The average molecular weight is 192 g/mol. The maximum atomic E-state index is 9.28. The highest BCUT2D eigenvalue weighted by Crippen LogP contribution is 2.20. The Morgan fingerprint density at radius 2 is 2.43 bits per heavy atom. The van der Waals surface area contributed by atoms with Gasteiger partial charge in [0.2, 0.25) is 0 Å². The molecule has 0 spiro atoms. The van der Waals surface area contributed by atoms with E-state index in [1.54, 1.807) is 13.0 Å². The van der Waals surface area contributed by atoms with Crippen LogP contribution in [0.5, 0.6) is 5.75 Å². The highest BCUT2D eigenvalue weighted by molar-refractivity contribution is 5.42. The predicted octanol–water partition coefficient (Wildman–Crippen LogP) is 1.41. The standard InChI is InChI=1S/C10H12N2O2/c1-3-14-10-4-9(7(2)13)12-6-8(10)5-11/h4,6-7,13H,3H2,1-2H3. The molecule has 0 aliphatic heterocycles. The number of ether oxygens (including phenoxy) is 1. The second-order valence-electron chi connectivity index (χ2n) is 2.83. The largest absolute Gasteiger partial charge is 0.492 e. The SMILES string of the molecule is CCOc1cc(C(C)O)ncc1C#N. The first-order valence-electron chi connectivity index (χ1n) is 4.40. The van der Waals surface area contributed by atoms with Gasteiger partial charge in [-0.1, -0.05) is 0 Å². The number of hydrogen-bond acceptors (Lipinski definition) is 4. The fourth-order valence-corrected chi connectivity index (χ4v) is 1.04. The van der Waals surface area contributed by atoms with Gasteiger partial charge in [-0.25, -0.2) is 0 Å². The summed E-state index contributed by atoms with van der Waals surface area (Å²) in [5.74, 6) is 0.473. The van der Waals surface area contributed by atoms with Gasteiger partial charge < -0.3 is 9.84 Å². The van der Waals surface area contributed by atoms with Crippen LogP contribution in [-0.2, 0) is 0 Å². The van der Waals surface area contributed by atoms with E-state index in [1.807, 2.05) is 13.0 Å². The third-order valence-corrected chi connectivity index (χ3v) is 1.74. The number of nitriles is 1. The average Bonchev–Trinajstić information content (AvgIpc) is 2.18. The van der Waals surface area contributed by atoms with Crippen molar-refractivity contribution in [1.82, 2.24) is 4.98 Å². The van der Waals surface area contributed by atoms with E-state index in [4.69, 9.17) is 10.00 Å². The van der Waals surface area contributed by atoms with Gasteiger partial charge in [-0.15, -0.1) is 0 Å². The van der Waals surface area contributed by atoms with Crippen molar-refractivity contribution in [2.45, 2.75) is 20.0 Å². The van der Waals surface area contributed by atoms with Crippen molar-refractivity contribution in [3.63, 3.8) is 0 Å². The van der Waals surface area contributed by atoms with Crippen LogP contribution in [0.1, 0.15) is 31.2 Å². The molecule has 0 radical (unpaired) electrons. The molecule has 1 aromatic heterocycles. The fraction of sp³-hybridized carbons (Fsp3) is 0.400. The zero-order chi connectivity index (χ0) is 10.6. The van der Waals surface area contributed by atoms with Gasteiger partial charge in [-0.3, -0.25) is 4.98 Å². The minimum absolute atomic E-state index is 0.385. The molecule has 4 nitrogen and oxygen atoms in total. The van der Waals surface area contributed by atoms with E-state index in [-0.39, 0.29) is 0 Å². The van der Waals surface area contributed by atoms with Crippen LogP contribution in [0, 0.1) is 11.3 Å². The molecule has 0 saturated heterocycles. The van der Waals surface area contributed by atoms with Crippen molar-refractivity contribution >= 4 is 0 Å². The quantitative estimate of drug-likeness (QED) is 0.786. The maximum Gasteiger partial charge on any atom is 0.140 e. The van der Waals surface area contributed by atoms with E-state index in [0.717, 1.165) is 0 Å². The van der Waals surface area contributed by atoms with Gasteiger partial charge in [0, 0.05) is 12.3 Å². The highest BCUT2D eigenvalue weighted by Gasteiger charge is 2.08. The Morgan fingerprint density at radius 1 is 1.71 bits per heavy atom. The lowest BCUT2D eigenvalue weighted by Crippen LogP contribution is -2.00. The molecule has 14 heavy (non-hydrogen) atoms. The molecule has 1 aromatic rings. The second kappa shape index (κ2) is 4.58. The normalized spacial score (nSPS) is 11.9. The third-order valence-electron chi connectivity index (χ3n) is 1.74. The lowest BCUT2D eigenvalue weighted by molar-refractivity contribution is 0.193. The summed E-state index contributed by atoms with van der Waals surface area (Å²) in [7, 11) is 0. The van der Waals surface area contributed by atoms with Gasteiger partial charge in [-0.05, 0) is 13.8 Å². The minimum atomic E-state index is -0.651. The number of pyridine rings is 1. The zero-order valence-corrected chi connectivity index (χ0v) is 8.19. The van der Waals surface area contributed by atoms with E-state index in [2.05, 4.69) is 4.98 Å². The molecule has 0 fully saturated rings. The molecule has 0 amide bonds. The summed E-state index contributed by atoms with van der Waals surface area (Å²) in [5, 5.41) is 18.0. The molecule has 0 bridgehead atoms. The van der Waals surface area contributed by atoms with Crippen LogP contribution >= 0.6 is 0 Å². The highest BCUT2D eigenvalue weighted by atomic mass is 16.5. The van der Waals surface area contributed by atoms with E-state index < -0.39 is 6.10 Å². The number of aliphatic hydroxyl groups is 1. The monoisotopic (exact) mass is 192 g/mol. The summed E-state index contributed by atoms with van der Waals surface area (Å²) in [5.41, 5.74) is 0.892. The van der Waals surface area contributed by atoms with E-state index >= 15 is 0 Å². The van der Waals surface area contributed by atoms with Crippen LogP contribution < -0.4 is 4.74 Å². The van der Waals surface area contributed by atoms with Gasteiger partial charge in [0.25, 0.3) is 0 Å². The van der Waals surface area contributed by atoms with Crippen molar-refractivity contribution in [3.05, 3.63) is 23.5 Å². The number of hydrogen-bond donors (Lipinski definition) is 1. The van der Waals surface area contributed by atoms with Crippen molar-refractivity contribution in [1.29, 1.82) is 5.26 Å². The summed E-state index contributed by atoms with van der Waals surface area (Å²) < 4.78 is 5.25. The molecule has 4 heteroatoms. The zero-order valence-electron chi connectivity index (χ0n) is 8.19. The molecule has 1 unspecified atom stereocenters.